The molecule has 0 saturated carbocycles. The van der Waals surface area contributed by atoms with Crippen molar-refractivity contribution in [1.82, 2.24) is 0 Å². The van der Waals surface area contributed by atoms with Gasteiger partial charge in [0.05, 0.1) is 0 Å². The molecule has 2 rings (SSSR count). The summed E-state index contributed by atoms with van der Waals surface area (Å²) >= 11 is 0. The van der Waals surface area contributed by atoms with Crippen LogP contribution in [0.1, 0.15) is 6.42 Å². The van der Waals surface area contributed by atoms with Gasteiger partial charge in [0.25, 0.3) is 0 Å². The van der Waals surface area contributed by atoms with E-state index >= 15 is 0 Å². The smallest absolute Gasteiger partial charge is 0.00724 e. The molecule has 0 heterocycles. The molecule has 2 bridgehead atoms. The minimum absolute atomic E-state index is 0.718. The van der Waals surface area contributed by atoms with Crippen molar-refractivity contribution < 1.29 is 0 Å². The molecule has 0 saturated heterocycles. The predicted molar refractivity (Wildman–Crippen MR) is 28.8 cm³/mol. The van der Waals surface area contributed by atoms with Gasteiger partial charge in [-0.1, -0.05) is 12.2 Å². The fraction of sp³-hybridized carbons (Fsp3) is 0.286. The summed E-state index contributed by atoms with van der Waals surface area (Å²) in [7, 11) is 0. The summed E-state index contributed by atoms with van der Waals surface area (Å²) < 4.78 is 0. The van der Waals surface area contributed by atoms with Crippen LogP contribution in [0.5, 0.6) is 0 Å². The zero-order valence-electron chi connectivity index (χ0n) is 4.02. The number of fused-ring (bicyclic) bond motifs is 2. The van der Waals surface area contributed by atoms with Gasteiger partial charge >= 0.3 is 0 Å². The SMILES string of the molecule is C1=CC2C=CC=1C2. The molecule has 0 aromatic carbocycles. The number of hydrogen-bond donors (Lipinski definition) is 0. The largest absolute Gasteiger partial charge is 0.121 e. The molecule has 0 fully saturated rings. The van der Waals surface area contributed by atoms with Crippen LogP contribution >= 0.6 is 0 Å². The third-order valence-electron chi connectivity index (χ3n) is 1.48. The zero-order chi connectivity index (χ0) is 4.69. The lowest BCUT2D eigenvalue weighted by Gasteiger charge is -1.87. The van der Waals surface area contributed by atoms with Gasteiger partial charge < -0.3 is 0 Å². The van der Waals surface area contributed by atoms with Gasteiger partial charge in [-0.3, -0.25) is 0 Å². The van der Waals surface area contributed by atoms with Crippen molar-refractivity contribution in [2.75, 3.05) is 0 Å². The molecular formula is C7H6. The van der Waals surface area contributed by atoms with Crippen LogP contribution in [0, 0.1) is 5.92 Å². The van der Waals surface area contributed by atoms with Crippen LogP contribution in [0.15, 0.2) is 29.5 Å². The molecule has 1 unspecified atom stereocenters. The van der Waals surface area contributed by atoms with Crippen molar-refractivity contribution in [1.29, 1.82) is 0 Å². The minimum atomic E-state index is 0.718. The van der Waals surface area contributed by atoms with Crippen LogP contribution in [-0.2, 0) is 0 Å². The Morgan fingerprint density at radius 3 is 2.86 bits per heavy atom. The van der Waals surface area contributed by atoms with E-state index in [1.165, 1.54) is 12.0 Å². The van der Waals surface area contributed by atoms with Crippen molar-refractivity contribution in [2.24, 2.45) is 5.92 Å². The fourth-order valence-corrected chi connectivity index (χ4v) is 1.07. The van der Waals surface area contributed by atoms with Crippen molar-refractivity contribution in [2.45, 2.75) is 6.42 Å². The van der Waals surface area contributed by atoms with E-state index in [4.69, 9.17) is 0 Å². The van der Waals surface area contributed by atoms with Gasteiger partial charge in [-0.15, -0.1) is 5.73 Å². The van der Waals surface area contributed by atoms with Gasteiger partial charge in [-0.05, 0) is 18.1 Å². The quantitative estimate of drug-likeness (QED) is 0.397. The van der Waals surface area contributed by atoms with E-state index in [0.717, 1.165) is 5.92 Å². The van der Waals surface area contributed by atoms with E-state index in [2.05, 4.69) is 24.0 Å². The maximum atomic E-state index is 3.16. The summed E-state index contributed by atoms with van der Waals surface area (Å²) in [5, 5.41) is 0. The lowest BCUT2D eigenvalue weighted by Crippen LogP contribution is -1.77. The molecule has 1 atom stereocenters. The summed E-state index contributed by atoms with van der Waals surface area (Å²) in [6, 6.07) is 0. The molecule has 0 aliphatic heterocycles. The number of hydrogen-bond acceptors (Lipinski definition) is 0. The maximum absolute atomic E-state index is 3.16. The highest BCUT2D eigenvalue weighted by Gasteiger charge is 2.13. The average molecular weight is 90.1 g/mol. The van der Waals surface area contributed by atoms with Crippen LogP contribution < -0.4 is 0 Å². The Balaban J connectivity index is 2.62. The van der Waals surface area contributed by atoms with Gasteiger partial charge in [0.15, 0.2) is 0 Å². The molecule has 0 aromatic rings. The van der Waals surface area contributed by atoms with Crippen LogP contribution in [-0.4, -0.2) is 0 Å². The topological polar surface area (TPSA) is 0 Å². The molecule has 0 nitrogen and oxygen atoms in total. The van der Waals surface area contributed by atoms with Crippen molar-refractivity contribution in [3.63, 3.8) is 0 Å². The third-order valence-corrected chi connectivity index (χ3v) is 1.48. The molecule has 0 N–H and O–H groups in total. The molecule has 0 heteroatoms. The molecule has 0 spiro atoms. The Morgan fingerprint density at radius 2 is 2.71 bits per heavy atom. The number of allylic oxidation sites excluding steroid dienone is 3. The second-order valence-electron chi connectivity index (χ2n) is 2.06. The molecular weight excluding hydrogens is 84.1 g/mol. The van der Waals surface area contributed by atoms with Crippen LogP contribution in [0.2, 0.25) is 0 Å². The molecule has 0 radical (unpaired) electrons. The van der Waals surface area contributed by atoms with Crippen molar-refractivity contribution in [3.8, 4) is 0 Å². The van der Waals surface area contributed by atoms with E-state index in [-0.39, 0.29) is 0 Å². The first-order valence-corrected chi connectivity index (χ1v) is 2.59. The Morgan fingerprint density at radius 1 is 1.71 bits per heavy atom. The summed E-state index contributed by atoms with van der Waals surface area (Å²) in [6.45, 7) is 0. The molecule has 0 aromatic heterocycles. The lowest BCUT2D eigenvalue weighted by molar-refractivity contribution is 0.875. The average Bonchev–Trinajstić information content (AvgIpc) is 2.22. The number of rotatable bonds is 0. The monoisotopic (exact) mass is 90.0 g/mol. The summed E-state index contributed by atoms with van der Waals surface area (Å²) in [5.41, 5.74) is 4.54. The highest BCUT2D eigenvalue weighted by Crippen LogP contribution is 2.27. The first-order valence-electron chi connectivity index (χ1n) is 2.59. The van der Waals surface area contributed by atoms with E-state index in [1.807, 2.05) is 0 Å². The van der Waals surface area contributed by atoms with E-state index in [0.29, 0.717) is 0 Å². The van der Waals surface area contributed by atoms with Crippen LogP contribution in [0.3, 0.4) is 0 Å². The van der Waals surface area contributed by atoms with Crippen LogP contribution in [0.4, 0.5) is 0 Å². The van der Waals surface area contributed by atoms with E-state index in [1.54, 1.807) is 0 Å². The van der Waals surface area contributed by atoms with Crippen molar-refractivity contribution in [3.05, 3.63) is 29.5 Å². The fourth-order valence-electron chi connectivity index (χ4n) is 1.07. The molecule has 7 heavy (non-hydrogen) atoms. The van der Waals surface area contributed by atoms with Gasteiger partial charge in [0.2, 0.25) is 0 Å². The van der Waals surface area contributed by atoms with Gasteiger partial charge in [0.1, 0.15) is 0 Å². The summed E-state index contributed by atoms with van der Waals surface area (Å²) in [5.74, 6) is 0.718. The maximum Gasteiger partial charge on any atom is 0.00724 e. The second kappa shape index (κ2) is 0.907. The summed E-state index contributed by atoms with van der Waals surface area (Å²) in [6.07, 6.45) is 7.74. The Bertz CT molecular complexity index is 178. The lowest BCUT2D eigenvalue weighted by atomic mass is 10.2. The van der Waals surface area contributed by atoms with Gasteiger partial charge in [-0.25, -0.2) is 0 Å². The standard InChI is InChI=1S/C7H6/c1-2-7-4-3-6(1)5-7/h1-3,6H,5H2. The van der Waals surface area contributed by atoms with E-state index in [9.17, 15) is 0 Å². The van der Waals surface area contributed by atoms with E-state index < -0.39 is 0 Å². The molecule has 0 amide bonds. The van der Waals surface area contributed by atoms with Crippen LogP contribution in [0.25, 0.3) is 0 Å². The highest BCUT2D eigenvalue weighted by molar-refractivity contribution is 5.33. The Labute approximate surface area is 42.8 Å². The molecule has 2 aliphatic carbocycles. The molecule has 34 valence electrons. The first kappa shape index (κ1) is 3.29. The summed E-state index contributed by atoms with van der Waals surface area (Å²) in [4.78, 5) is 0. The van der Waals surface area contributed by atoms with Gasteiger partial charge in [0, 0.05) is 5.92 Å². The third kappa shape index (κ3) is 0.318. The Kier molecular flexibility index (Phi) is 0.426. The normalized spacial score (nSPS) is 32.0. The van der Waals surface area contributed by atoms with Gasteiger partial charge in [-0.2, -0.15) is 0 Å². The highest BCUT2D eigenvalue weighted by atomic mass is 14.2. The van der Waals surface area contributed by atoms with Crippen molar-refractivity contribution >= 4 is 0 Å². The second-order valence-corrected chi connectivity index (χ2v) is 2.06. The zero-order valence-corrected chi connectivity index (χ0v) is 4.02. The molecule has 2 aliphatic rings. The Hall–Kier alpha value is -0.740. The minimum Gasteiger partial charge on any atom is -0.121 e. The predicted octanol–water partition coefficient (Wildman–Crippen LogP) is 1.66. The first-order chi connectivity index (χ1) is 3.45.